The average molecular weight is 543 g/mol. The van der Waals surface area contributed by atoms with Crippen LogP contribution in [0.5, 0.6) is 5.75 Å². The van der Waals surface area contributed by atoms with Gasteiger partial charge in [0.1, 0.15) is 21.7 Å². The Labute approximate surface area is 221 Å². The van der Waals surface area contributed by atoms with Crippen LogP contribution < -0.4 is 9.47 Å². The van der Waals surface area contributed by atoms with Crippen LogP contribution in [0.3, 0.4) is 0 Å². The van der Waals surface area contributed by atoms with Crippen LogP contribution in [0.15, 0.2) is 77.5 Å². The van der Waals surface area contributed by atoms with E-state index in [0.717, 1.165) is 5.39 Å². The number of aromatic nitrogens is 1. The number of benzene rings is 3. The molecular weight excluding hydrogens is 525 g/mol. The summed E-state index contributed by atoms with van der Waals surface area (Å²) in [6.07, 6.45) is 1.59. The number of carbonyl (C=O) groups excluding carboxylic acids is 1. The lowest BCUT2D eigenvalue weighted by Gasteiger charge is -2.21. The number of hydrogen-bond acceptors (Lipinski definition) is 5. The predicted octanol–water partition coefficient (Wildman–Crippen LogP) is 7.33. The fourth-order valence-corrected chi connectivity index (χ4v) is 5.10. The molecule has 0 saturated heterocycles. The highest BCUT2D eigenvalue weighted by atomic mass is 35.5. The lowest BCUT2D eigenvalue weighted by molar-refractivity contribution is -0.605. The lowest BCUT2D eigenvalue weighted by atomic mass is 9.96. The van der Waals surface area contributed by atoms with Crippen molar-refractivity contribution in [2.75, 3.05) is 7.11 Å². The molecule has 3 aromatic carbocycles. The van der Waals surface area contributed by atoms with Gasteiger partial charge < -0.3 is 19.1 Å². The number of hydrogen-bond donors (Lipinski definition) is 0. The second kappa shape index (κ2) is 9.90. The molecule has 1 unspecified atom stereocenters. The summed E-state index contributed by atoms with van der Waals surface area (Å²) in [5, 5.41) is 13.8. The molecule has 0 N–H and O–H groups in total. The Bertz CT molecular complexity index is 1580. The highest BCUT2D eigenvalue weighted by molar-refractivity contribution is 6.35. The SMILES string of the molecule is COc1c(Cl)cc(C(Cc2c(Cl)c[n+]([O-])cc2Cl)OC(=O)c2ccccc2)c2c1oc1ccccc12. The van der Waals surface area contributed by atoms with E-state index in [1.807, 2.05) is 24.3 Å². The third-order valence-corrected chi connectivity index (χ3v) is 6.78. The summed E-state index contributed by atoms with van der Waals surface area (Å²) in [7, 11) is 1.50. The van der Waals surface area contributed by atoms with Gasteiger partial charge in [-0.15, -0.1) is 0 Å². The van der Waals surface area contributed by atoms with E-state index in [1.54, 1.807) is 36.4 Å². The van der Waals surface area contributed by atoms with E-state index >= 15 is 0 Å². The maximum Gasteiger partial charge on any atom is 0.338 e. The largest absolute Gasteiger partial charge is 0.619 e. The standard InChI is InChI=1S/C27H18Cl3NO5/c1-34-25-19(28)11-18(24-16-9-5-6-10-22(16)35-26(24)25)23(36-27(32)15-7-3-2-4-8-15)12-17-20(29)13-31(33)14-21(17)30/h2-11,13-14,23H,12H2,1H3. The number of esters is 1. The first-order valence-electron chi connectivity index (χ1n) is 10.9. The Morgan fingerprint density at radius 2 is 1.67 bits per heavy atom. The molecule has 0 saturated carbocycles. The lowest BCUT2D eigenvalue weighted by Crippen LogP contribution is -2.25. The van der Waals surface area contributed by atoms with Crippen LogP contribution in [-0.2, 0) is 11.2 Å². The van der Waals surface area contributed by atoms with Gasteiger partial charge in [-0.2, -0.15) is 4.73 Å². The van der Waals surface area contributed by atoms with Gasteiger partial charge in [0.25, 0.3) is 0 Å². The van der Waals surface area contributed by atoms with Crippen molar-refractivity contribution in [3.63, 3.8) is 0 Å². The average Bonchev–Trinajstić information content (AvgIpc) is 3.24. The molecular formula is C27H18Cl3NO5. The zero-order chi connectivity index (χ0) is 25.4. The van der Waals surface area contributed by atoms with Crippen LogP contribution in [0.4, 0.5) is 0 Å². The number of methoxy groups -OCH3 is 1. The van der Waals surface area contributed by atoms with E-state index in [1.165, 1.54) is 19.5 Å². The van der Waals surface area contributed by atoms with E-state index in [2.05, 4.69) is 0 Å². The van der Waals surface area contributed by atoms with Gasteiger partial charge in [-0.1, -0.05) is 71.2 Å². The summed E-state index contributed by atoms with van der Waals surface area (Å²) in [5.41, 5.74) is 2.44. The number of halogens is 3. The summed E-state index contributed by atoms with van der Waals surface area (Å²) in [6.45, 7) is 0. The van der Waals surface area contributed by atoms with Gasteiger partial charge in [-0.3, -0.25) is 0 Å². The molecule has 0 bridgehead atoms. The molecule has 182 valence electrons. The van der Waals surface area contributed by atoms with E-state index in [9.17, 15) is 10.0 Å². The molecule has 6 nitrogen and oxygen atoms in total. The number of rotatable bonds is 6. The van der Waals surface area contributed by atoms with Crippen molar-refractivity contribution >= 4 is 62.7 Å². The summed E-state index contributed by atoms with van der Waals surface area (Å²) in [6, 6.07) is 17.8. The van der Waals surface area contributed by atoms with Crippen LogP contribution in [0.2, 0.25) is 15.1 Å². The first kappa shape index (κ1) is 24.3. The van der Waals surface area contributed by atoms with E-state index in [-0.39, 0.29) is 21.5 Å². The first-order chi connectivity index (χ1) is 17.4. The molecule has 5 rings (SSSR count). The number of carbonyl (C=O) groups is 1. The Morgan fingerprint density at radius 1 is 1.00 bits per heavy atom. The van der Waals surface area contributed by atoms with Crippen molar-refractivity contribution in [1.29, 1.82) is 0 Å². The van der Waals surface area contributed by atoms with Gasteiger partial charge in [-0.25, -0.2) is 4.79 Å². The Hall–Kier alpha value is -3.45. The number of nitrogens with zero attached hydrogens (tertiary/aromatic N) is 1. The van der Waals surface area contributed by atoms with Gasteiger partial charge in [0.05, 0.1) is 17.7 Å². The normalized spacial score (nSPS) is 12.1. The molecule has 0 aliphatic rings. The Balaban J connectivity index is 1.73. The maximum absolute atomic E-state index is 13.2. The van der Waals surface area contributed by atoms with Crippen LogP contribution in [0.1, 0.15) is 27.6 Å². The summed E-state index contributed by atoms with van der Waals surface area (Å²) >= 11 is 19.4. The highest BCUT2D eigenvalue weighted by Crippen LogP contribution is 2.45. The first-order valence-corrected chi connectivity index (χ1v) is 12.0. The number of para-hydroxylation sites is 1. The monoisotopic (exact) mass is 541 g/mol. The zero-order valence-electron chi connectivity index (χ0n) is 18.8. The molecule has 5 aromatic rings. The summed E-state index contributed by atoms with van der Waals surface area (Å²) in [5.74, 6) is -0.182. The van der Waals surface area contributed by atoms with Crippen LogP contribution in [0, 0.1) is 5.21 Å². The Morgan fingerprint density at radius 3 is 2.36 bits per heavy atom. The molecule has 0 aliphatic heterocycles. The van der Waals surface area contributed by atoms with Gasteiger partial charge in [0.15, 0.2) is 23.7 Å². The fourth-order valence-electron chi connectivity index (χ4n) is 4.22. The molecule has 2 heterocycles. The minimum atomic E-state index is -0.887. The molecule has 36 heavy (non-hydrogen) atoms. The van der Waals surface area contributed by atoms with Crippen molar-refractivity contribution in [1.82, 2.24) is 0 Å². The van der Waals surface area contributed by atoms with Crippen LogP contribution in [-0.4, -0.2) is 13.1 Å². The van der Waals surface area contributed by atoms with Gasteiger partial charge in [0, 0.05) is 28.3 Å². The molecule has 0 radical (unpaired) electrons. The second-order valence-electron chi connectivity index (χ2n) is 8.04. The fraction of sp³-hybridized carbons (Fsp3) is 0.111. The van der Waals surface area contributed by atoms with Gasteiger partial charge in [-0.05, 0) is 24.3 Å². The third kappa shape index (κ3) is 4.44. The van der Waals surface area contributed by atoms with Crippen molar-refractivity contribution < 1.29 is 23.4 Å². The molecule has 2 aromatic heterocycles. The van der Waals surface area contributed by atoms with E-state index in [4.69, 9.17) is 48.7 Å². The highest BCUT2D eigenvalue weighted by Gasteiger charge is 2.28. The molecule has 0 amide bonds. The maximum atomic E-state index is 13.2. The third-order valence-electron chi connectivity index (χ3n) is 5.85. The van der Waals surface area contributed by atoms with Gasteiger partial charge >= 0.3 is 5.97 Å². The molecule has 0 aliphatic carbocycles. The quantitative estimate of drug-likeness (QED) is 0.128. The Kier molecular flexibility index (Phi) is 6.67. The predicted molar refractivity (Wildman–Crippen MR) is 139 cm³/mol. The van der Waals surface area contributed by atoms with Crippen LogP contribution >= 0.6 is 34.8 Å². The minimum absolute atomic E-state index is 0.0777. The van der Waals surface area contributed by atoms with Gasteiger partial charge in [0.2, 0.25) is 0 Å². The smallest absolute Gasteiger partial charge is 0.338 e. The van der Waals surface area contributed by atoms with Crippen molar-refractivity contribution in [2.24, 2.45) is 0 Å². The minimum Gasteiger partial charge on any atom is -0.619 e. The summed E-state index contributed by atoms with van der Waals surface area (Å²) < 4.78 is 18.2. The number of fused-ring (bicyclic) bond motifs is 3. The molecule has 1 atom stereocenters. The van der Waals surface area contributed by atoms with Crippen LogP contribution in [0.25, 0.3) is 21.9 Å². The number of ether oxygens (including phenoxy) is 2. The molecule has 0 spiro atoms. The number of furan rings is 1. The second-order valence-corrected chi connectivity index (χ2v) is 9.26. The van der Waals surface area contributed by atoms with E-state index in [0.29, 0.717) is 43.7 Å². The zero-order valence-corrected chi connectivity index (χ0v) is 21.1. The van der Waals surface area contributed by atoms with Crippen molar-refractivity contribution in [2.45, 2.75) is 12.5 Å². The van der Waals surface area contributed by atoms with E-state index < -0.39 is 12.1 Å². The topological polar surface area (TPSA) is 75.6 Å². The number of pyridine rings is 1. The summed E-state index contributed by atoms with van der Waals surface area (Å²) in [4.78, 5) is 13.2. The van der Waals surface area contributed by atoms with Crippen molar-refractivity contribution in [3.8, 4) is 5.75 Å². The van der Waals surface area contributed by atoms with Crippen molar-refractivity contribution in [3.05, 3.63) is 110 Å². The molecule has 0 fully saturated rings. The molecule has 9 heteroatoms.